The number of carbonyl (C=O) groups excluding carboxylic acids is 1. The van der Waals surface area contributed by atoms with Crippen molar-refractivity contribution in [2.75, 3.05) is 26.3 Å². The summed E-state index contributed by atoms with van der Waals surface area (Å²) in [4.78, 5) is 18.5. The number of hydrogen-bond acceptors (Lipinski definition) is 4. The summed E-state index contributed by atoms with van der Waals surface area (Å²) in [6.07, 6.45) is 5.43. The Morgan fingerprint density at radius 3 is 2.84 bits per heavy atom. The molecule has 2 saturated heterocycles. The van der Waals surface area contributed by atoms with E-state index in [0.29, 0.717) is 25.6 Å². The zero-order valence-corrected chi connectivity index (χ0v) is 14.1. The van der Waals surface area contributed by atoms with Crippen LogP contribution in [0, 0.1) is 5.92 Å². The van der Waals surface area contributed by atoms with E-state index in [1.807, 2.05) is 47.4 Å². The molecule has 0 saturated carbocycles. The Labute approximate surface area is 147 Å². The van der Waals surface area contributed by atoms with Crippen molar-refractivity contribution >= 4 is 5.91 Å². The number of pyridine rings is 1. The lowest BCUT2D eigenvalue weighted by Gasteiger charge is -2.50. The lowest BCUT2D eigenvalue weighted by molar-refractivity contribution is -0.119. The minimum absolute atomic E-state index is 0.0899. The standard InChI is InChI=1S/C20H22N2O3/c23-19(16-5-2-1-3-6-16)22-14-20(15-22)17(9-12-25-20)8-11-24-18-7-4-10-21-13-18/h1-7,10,13,17H,8-9,11-12,14-15H2. The molecule has 2 aliphatic heterocycles. The van der Waals surface area contributed by atoms with Crippen molar-refractivity contribution in [1.82, 2.24) is 9.88 Å². The van der Waals surface area contributed by atoms with Gasteiger partial charge in [0.15, 0.2) is 0 Å². The van der Waals surface area contributed by atoms with Gasteiger partial charge in [0.1, 0.15) is 11.4 Å². The molecule has 25 heavy (non-hydrogen) atoms. The lowest BCUT2D eigenvalue weighted by Crippen LogP contribution is -2.66. The summed E-state index contributed by atoms with van der Waals surface area (Å²) >= 11 is 0. The lowest BCUT2D eigenvalue weighted by atomic mass is 9.79. The van der Waals surface area contributed by atoms with E-state index in [-0.39, 0.29) is 11.5 Å². The Morgan fingerprint density at radius 2 is 2.08 bits per heavy atom. The fraction of sp³-hybridized carbons (Fsp3) is 0.400. The largest absolute Gasteiger partial charge is 0.492 e. The quantitative estimate of drug-likeness (QED) is 0.841. The summed E-state index contributed by atoms with van der Waals surface area (Å²) in [6.45, 7) is 2.77. The summed E-state index contributed by atoms with van der Waals surface area (Å²) in [5, 5.41) is 0. The van der Waals surface area contributed by atoms with E-state index < -0.39 is 0 Å². The molecule has 1 amide bonds. The molecule has 0 aliphatic carbocycles. The van der Waals surface area contributed by atoms with Crippen LogP contribution in [0.5, 0.6) is 5.75 Å². The Hall–Kier alpha value is -2.40. The second kappa shape index (κ2) is 6.84. The van der Waals surface area contributed by atoms with Gasteiger partial charge in [-0.25, -0.2) is 0 Å². The molecule has 1 aromatic heterocycles. The van der Waals surface area contributed by atoms with Gasteiger partial charge in [0.25, 0.3) is 5.91 Å². The zero-order valence-electron chi connectivity index (χ0n) is 14.1. The van der Waals surface area contributed by atoms with Gasteiger partial charge in [-0.1, -0.05) is 18.2 Å². The maximum absolute atomic E-state index is 12.5. The van der Waals surface area contributed by atoms with E-state index in [1.165, 1.54) is 0 Å². The average molecular weight is 338 g/mol. The number of amides is 1. The number of nitrogens with zero attached hydrogens (tertiary/aromatic N) is 2. The Bertz CT molecular complexity index is 714. The SMILES string of the molecule is O=C(c1ccccc1)N1CC2(C1)OCCC2CCOc1cccnc1. The van der Waals surface area contributed by atoms with E-state index in [1.54, 1.807) is 12.4 Å². The van der Waals surface area contributed by atoms with Crippen LogP contribution in [0.1, 0.15) is 23.2 Å². The number of benzene rings is 1. The van der Waals surface area contributed by atoms with Gasteiger partial charge in [-0.2, -0.15) is 0 Å². The molecule has 0 radical (unpaired) electrons. The number of carbonyl (C=O) groups is 1. The van der Waals surface area contributed by atoms with Gasteiger partial charge in [-0.05, 0) is 43.0 Å². The second-order valence-corrected chi connectivity index (χ2v) is 6.75. The average Bonchev–Trinajstić information content (AvgIpc) is 3.05. The second-order valence-electron chi connectivity index (χ2n) is 6.75. The molecule has 4 rings (SSSR count). The summed E-state index contributed by atoms with van der Waals surface area (Å²) in [5.74, 6) is 1.32. The molecular formula is C20H22N2O3. The predicted molar refractivity (Wildman–Crippen MR) is 93.5 cm³/mol. The Morgan fingerprint density at radius 1 is 1.24 bits per heavy atom. The van der Waals surface area contributed by atoms with Crippen molar-refractivity contribution in [3.63, 3.8) is 0 Å². The first kappa shape index (κ1) is 16.1. The summed E-state index contributed by atoms with van der Waals surface area (Å²) in [6, 6.07) is 13.2. The molecule has 2 fully saturated rings. The molecular weight excluding hydrogens is 316 g/mol. The minimum atomic E-state index is -0.178. The molecule has 0 bridgehead atoms. The normalized spacial score (nSPS) is 21.1. The summed E-state index contributed by atoms with van der Waals surface area (Å²) in [7, 11) is 0. The van der Waals surface area contributed by atoms with Gasteiger partial charge < -0.3 is 14.4 Å². The molecule has 2 aliphatic rings. The van der Waals surface area contributed by atoms with Gasteiger partial charge in [0.05, 0.1) is 25.9 Å². The van der Waals surface area contributed by atoms with E-state index >= 15 is 0 Å². The van der Waals surface area contributed by atoms with Gasteiger partial charge >= 0.3 is 0 Å². The van der Waals surface area contributed by atoms with Crippen LogP contribution in [-0.2, 0) is 4.74 Å². The molecule has 1 unspecified atom stereocenters. The summed E-state index contributed by atoms with van der Waals surface area (Å²) in [5.41, 5.74) is 0.565. The fourth-order valence-corrected chi connectivity index (χ4v) is 3.80. The van der Waals surface area contributed by atoms with E-state index in [9.17, 15) is 4.79 Å². The molecule has 0 N–H and O–H groups in total. The highest BCUT2D eigenvalue weighted by molar-refractivity contribution is 5.94. The molecule has 3 heterocycles. The number of ether oxygens (including phenoxy) is 2. The van der Waals surface area contributed by atoms with Crippen LogP contribution in [0.4, 0.5) is 0 Å². The minimum Gasteiger partial charge on any atom is -0.492 e. The van der Waals surface area contributed by atoms with E-state index in [0.717, 1.165) is 30.8 Å². The van der Waals surface area contributed by atoms with Gasteiger partial charge in [0.2, 0.25) is 0 Å². The van der Waals surface area contributed by atoms with Crippen molar-refractivity contribution in [2.24, 2.45) is 5.92 Å². The molecule has 5 heteroatoms. The third-order valence-electron chi connectivity index (χ3n) is 5.19. The highest BCUT2D eigenvalue weighted by Crippen LogP contribution is 2.42. The van der Waals surface area contributed by atoms with E-state index in [4.69, 9.17) is 9.47 Å². The highest BCUT2D eigenvalue weighted by Gasteiger charge is 2.54. The molecule has 130 valence electrons. The van der Waals surface area contributed by atoms with Crippen LogP contribution in [0.15, 0.2) is 54.9 Å². The summed E-state index contributed by atoms with van der Waals surface area (Å²) < 4.78 is 11.8. The maximum Gasteiger partial charge on any atom is 0.254 e. The highest BCUT2D eigenvalue weighted by atomic mass is 16.5. The predicted octanol–water partition coefficient (Wildman–Crippen LogP) is 2.78. The van der Waals surface area contributed by atoms with Crippen molar-refractivity contribution < 1.29 is 14.3 Å². The monoisotopic (exact) mass is 338 g/mol. The van der Waals surface area contributed by atoms with Crippen molar-refractivity contribution in [1.29, 1.82) is 0 Å². The molecule has 1 atom stereocenters. The maximum atomic E-state index is 12.5. The van der Waals surface area contributed by atoms with Crippen molar-refractivity contribution in [3.05, 3.63) is 60.4 Å². The van der Waals surface area contributed by atoms with Crippen LogP contribution in [0.3, 0.4) is 0 Å². The third-order valence-corrected chi connectivity index (χ3v) is 5.19. The van der Waals surface area contributed by atoms with Crippen LogP contribution >= 0.6 is 0 Å². The Balaban J connectivity index is 1.31. The van der Waals surface area contributed by atoms with E-state index in [2.05, 4.69) is 4.98 Å². The van der Waals surface area contributed by atoms with Crippen LogP contribution in [0.2, 0.25) is 0 Å². The van der Waals surface area contributed by atoms with Gasteiger partial charge in [-0.3, -0.25) is 9.78 Å². The van der Waals surface area contributed by atoms with Crippen LogP contribution < -0.4 is 4.74 Å². The topological polar surface area (TPSA) is 51.7 Å². The molecule has 2 aromatic rings. The number of rotatable bonds is 5. The fourth-order valence-electron chi connectivity index (χ4n) is 3.80. The first-order chi connectivity index (χ1) is 12.3. The molecule has 1 aromatic carbocycles. The smallest absolute Gasteiger partial charge is 0.254 e. The van der Waals surface area contributed by atoms with Crippen molar-refractivity contribution in [2.45, 2.75) is 18.4 Å². The molecule has 5 nitrogen and oxygen atoms in total. The first-order valence-electron chi connectivity index (χ1n) is 8.78. The number of aromatic nitrogens is 1. The Kier molecular flexibility index (Phi) is 4.40. The molecule has 1 spiro atoms. The zero-order chi connectivity index (χ0) is 17.1. The third kappa shape index (κ3) is 3.24. The van der Waals surface area contributed by atoms with Crippen LogP contribution in [0.25, 0.3) is 0 Å². The van der Waals surface area contributed by atoms with Crippen molar-refractivity contribution in [3.8, 4) is 5.75 Å². The van der Waals surface area contributed by atoms with Gasteiger partial charge in [0, 0.05) is 18.4 Å². The number of hydrogen-bond donors (Lipinski definition) is 0. The van der Waals surface area contributed by atoms with Gasteiger partial charge in [-0.15, -0.1) is 0 Å². The first-order valence-corrected chi connectivity index (χ1v) is 8.78. The van der Waals surface area contributed by atoms with Crippen LogP contribution in [-0.4, -0.2) is 47.7 Å². The number of likely N-dealkylation sites (tertiary alicyclic amines) is 1.